The zero-order valence-electron chi connectivity index (χ0n) is 15.9. The van der Waals surface area contributed by atoms with E-state index in [1.54, 1.807) is 18.2 Å². The molecule has 1 amide bonds. The zero-order chi connectivity index (χ0) is 20.5. The van der Waals surface area contributed by atoms with Crippen molar-refractivity contribution in [1.29, 1.82) is 0 Å². The monoisotopic (exact) mass is 451 g/mol. The van der Waals surface area contributed by atoms with E-state index >= 15 is 0 Å². The maximum Gasteiger partial charge on any atom is 0.311 e. The molecule has 0 aliphatic carbocycles. The van der Waals surface area contributed by atoms with Crippen LogP contribution in [0.3, 0.4) is 0 Å². The fraction of sp³-hybridized carbons (Fsp3) is 0.368. The highest BCUT2D eigenvalue weighted by Crippen LogP contribution is 2.34. The molecule has 1 aromatic carbocycles. The van der Waals surface area contributed by atoms with E-state index in [2.05, 4.69) is 31.2 Å². The van der Waals surface area contributed by atoms with E-state index in [1.165, 1.54) is 19.3 Å². The number of benzene rings is 1. The van der Waals surface area contributed by atoms with Crippen LogP contribution in [0.4, 0.5) is 5.95 Å². The Morgan fingerprint density at radius 2 is 1.71 bits per heavy atom. The van der Waals surface area contributed by atoms with Crippen LogP contribution >= 0.6 is 15.9 Å². The number of nitrogens with zero attached hydrogens (tertiary/aromatic N) is 2. The summed E-state index contributed by atoms with van der Waals surface area (Å²) in [5.74, 6) is 0.210. The van der Waals surface area contributed by atoms with Crippen molar-refractivity contribution in [3.8, 4) is 11.5 Å². The van der Waals surface area contributed by atoms with Crippen LogP contribution in [0.2, 0.25) is 0 Å². The fourth-order valence-electron chi connectivity index (χ4n) is 2.27. The molecule has 0 aliphatic heterocycles. The highest BCUT2D eigenvalue weighted by molar-refractivity contribution is 9.10. The topological polar surface area (TPSA) is 99.6 Å². The number of amides is 1. The number of esters is 1. The Balaban J connectivity index is 2.01. The second-order valence-corrected chi connectivity index (χ2v) is 6.48. The quantitative estimate of drug-likeness (QED) is 0.584. The van der Waals surface area contributed by atoms with Crippen LogP contribution in [0.1, 0.15) is 26.3 Å². The molecule has 150 valence electrons. The molecule has 1 heterocycles. The summed E-state index contributed by atoms with van der Waals surface area (Å²) in [7, 11) is 0. The summed E-state index contributed by atoms with van der Waals surface area (Å²) in [6.07, 6.45) is 1.97. The molecule has 0 aliphatic rings. The molecule has 1 atom stereocenters. The first-order chi connectivity index (χ1) is 13.4. The maximum atomic E-state index is 12.3. The molecule has 0 saturated heterocycles. The predicted octanol–water partition coefficient (Wildman–Crippen LogP) is 3.15. The minimum absolute atomic E-state index is 0.0352. The van der Waals surface area contributed by atoms with Crippen molar-refractivity contribution >= 4 is 33.8 Å². The van der Waals surface area contributed by atoms with Crippen molar-refractivity contribution in [1.82, 2.24) is 9.97 Å². The van der Waals surface area contributed by atoms with Gasteiger partial charge in [0.2, 0.25) is 5.95 Å². The first kappa shape index (κ1) is 21.6. The molecule has 1 N–H and O–H groups in total. The number of rotatable bonds is 9. The lowest BCUT2D eigenvalue weighted by molar-refractivity contribution is -0.152. The molecule has 0 spiro atoms. The lowest BCUT2D eigenvalue weighted by atomic mass is 10.1. The zero-order valence-corrected chi connectivity index (χ0v) is 17.5. The van der Waals surface area contributed by atoms with E-state index in [1.807, 2.05) is 13.8 Å². The number of ether oxygens (including phenoxy) is 3. The molecular weight excluding hydrogens is 430 g/mol. The third-order valence-corrected chi connectivity index (χ3v) is 4.26. The fourth-order valence-corrected chi connectivity index (χ4v) is 2.74. The van der Waals surface area contributed by atoms with Crippen molar-refractivity contribution in [2.75, 3.05) is 18.5 Å². The number of nitrogens with one attached hydrogen (secondary N) is 1. The largest absolute Gasteiger partial charge is 0.490 e. The summed E-state index contributed by atoms with van der Waals surface area (Å²) < 4.78 is 17.0. The van der Waals surface area contributed by atoms with Gasteiger partial charge in [-0.15, -0.1) is 0 Å². The number of hydrogen-bond donors (Lipinski definition) is 1. The first-order valence-electron chi connectivity index (χ1n) is 8.79. The van der Waals surface area contributed by atoms with Gasteiger partial charge in [-0.2, -0.15) is 0 Å². The van der Waals surface area contributed by atoms with E-state index in [0.717, 1.165) is 0 Å². The van der Waals surface area contributed by atoms with E-state index < -0.39 is 18.0 Å². The second kappa shape index (κ2) is 10.6. The minimum Gasteiger partial charge on any atom is -0.490 e. The molecule has 2 aromatic rings. The summed E-state index contributed by atoms with van der Waals surface area (Å²) in [6.45, 7) is 6.18. The molecule has 1 unspecified atom stereocenters. The average Bonchev–Trinajstić information content (AvgIpc) is 2.66. The SMILES string of the molecule is CCOc1cc(Br)c(CC(=O)OC(C)C(=O)Nc2ncccn2)cc1OCC. The van der Waals surface area contributed by atoms with Gasteiger partial charge in [-0.3, -0.25) is 14.9 Å². The minimum atomic E-state index is -0.996. The highest BCUT2D eigenvalue weighted by atomic mass is 79.9. The second-order valence-electron chi connectivity index (χ2n) is 5.63. The van der Waals surface area contributed by atoms with Gasteiger partial charge in [0.15, 0.2) is 17.6 Å². The van der Waals surface area contributed by atoms with Gasteiger partial charge in [-0.1, -0.05) is 15.9 Å². The lowest BCUT2D eigenvalue weighted by Gasteiger charge is -2.15. The van der Waals surface area contributed by atoms with Crippen LogP contribution in [-0.4, -0.2) is 41.2 Å². The van der Waals surface area contributed by atoms with Crippen LogP contribution in [-0.2, 0) is 20.7 Å². The molecule has 0 fully saturated rings. The van der Waals surface area contributed by atoms with Crippen LogP contribution in [0, 0.1) is 0 Å². The van der Waals surface area contributed by atoms with Crippen LogP contribution in [0.15, 0.2) is 35.1 Å². The molecule has 9 heteroatoms. The Morgan fingerprint density at radius 3 is 2.32 bits per heavy atom. The Morgan fingerprint density at radius 1 is 1.11 bits per heavy atom. The summed E-state index contributed by atoms with van der Waals surface area (Å²) in [5.41, 5.74) is 0.663. The van der Waals surface area contributed by atoms with Crippen LogP contribution < -0.4 is 14.8 Å². The lowest BCUT2D eigenvalue weighted by Crippen LogP contribution is -2.31. The molecule has 28 heavy (non-hydrogen) atoms. The Labute approximate surface area is 171 Å². The van der Waals surface area contributed by atoms with Gasteiger partial charge in [0.1, 0.15) is 0 Å². The molecule has 1 aromatic heterocycles. The van der Waals surface area contributed by atoms with Gasteiger partial charge in [0.25, 0.3) is 5.91 Å². The summed E-state index contributed by atoms with van der Waals surface area (Å²) in [5, 5.41) is 2.49. The molecule has 2 rings (SSSR count). The van der Waals surface area contributed by atoms with Gasteiger partial charge in [0.05, 0.1) is 19.6 Å². The van der Waals surface area contributed by atoms with Crippen molar-refractivity contribution in [3.05, 3.63) is 40.6 Å². The molecule has 0 bridgehead atoms. The number of carbonyl (C=O) groups is 2. The van der Waals surface area contributed by atoms with E-state index in [9.17, 15) is 9.59 Å². The standard InChI is InChI=1S/C19H22BrN3O5/c1-4-26-15-9-13(14(20)11-16(15)27-5-2)10-17(24)28-12(3)18(25)23-19-21-7-6-8-22-19/h6-9,11-12H,4-5,10H2,1-3H3,(H,21,22,23,25). The van der Waals surface area contributed by atoms with E-state index in [4.69, 9.17) is 14.2 Å². The predicted molar refractivity (Wildman–Crippen MR) is 106 cm³/mol. The normalized spacial score (nSPS) is 11.4. The average molecular weight is 452 g/mol. The molecule has 0 radical (unpaired) electrons. The Kier molecular flexibility index (Phi) is 8.19. The number of hydrogen-bond acceptors (Lipinski definition) is 7. The molecule has 8 nitrogen and oxygen atoms in total. The van der Waals surface area contributed by atoms with E-state index in [0.29, 0.717) is 34.7 Å². The molecule has 0 saturated carbocycles. The molecular formula is C19H22BrN3O5. The summed E-state index contributed by atoms with van der Waals surface area (Å²) >= 11 is 3.43. The number of halogens is 1. The third kappa shape index (κ3) is 6.19. The highest BCUT2D eigenvalue weighted by Gasteiger charge is 2.20. The Bertz CT molecular complexity index is 817. The first-order valence-corrected chi connectivity index (χ1v) is 9.59. The third-order valence-electron chi connectivity index (χ3n) is 3.53. The smallest absolute Gasteiger partial charge is 0.311 e. The summed E-state index contributed by atoms with van der Waals surface area (Å²) in [6, 6.07) is 5.10. The van der Waals surface area contributed by atoms with Crippen molar-refractivity contribution in [2.24, 2.45) is 0 Å². The number of carbonyl (C=O) groups excluding carboxylic acids is 2. The van der Waals surface area contributed by atoms with Crippen molar-refractivity contribution in [3.63, 3.8) is 0 Å². The van der Waals surface area contributed by atoms with Gasteiger partial charge in [-0.05, 0) is 44.5 Å². The van der Waals surface area contributed by atoms with E-state index in [-0.39, 0.29) is 12.4 Å². The Hall–Kier alpha value is -2.68. The van der Waals surface area contributed by atoms with Crippen molar-refractivity contribution < 1.29 is 23.8 Å². The number of aromatic nitrogens is 2. The van der Waals surface area contributed by atoms with Gasteiger partial charge in [0, 0.05) is 16.9 Å². The number of anilines is 1. The van der Waals surface area contributed by atoms with Gasteiger partial charge in [-0.25, -0.2) is 9.97 Å². The van der Waals surface area contributed by atoms with Gasteiger partial charge >= 0.3 is 5.97 Å². The van der Waals surface area contributed by atoms with Crippen LogP contribution in [0.5, 0.6) is 11.5 Å². The summed E-state index contributed by atoms with van der Waals surface area (Å²) in [4.78, 5) is 32.2. The van der Waals surface area contributed by atoms with Gasteiger partial charge < -0.3 is 14.2 Å². The maximum absolute atomic E-state index is 12.3. The van der Waals surface area contributed by atoms with Crippen molar-refractivity contribution in [2.45, 2.75) is 33.3 Å². The van der Waals surface area contributed by atoms with Crippen LogP contribution in [0.25, 0.3) is 0 Å².